The Kier molecular flexibility index (Phi) is 5.83. The largest absolute Gasteiger partial charge is 0.461 e. The minimum atomic E-state index is -0.465. The number of halogens is 1. The molecule has 0 radical (unpaired) electrons. The molecule has 9 atom stereocenters. The molecule has 4 saturated carbocycles. The molecule has 0 aliphatic heterocycles. The van der Waals surface area contributed by atoms with Crippen LogP contribution in [-0.4, -0.2) is 23.9 Å². The van der Waals surface area contributed by atoms with E-state index in [2.05, 4.69) is 18.7 Å². The molecule has 4 unspecified atom stereocenters. The van der Waals surface area contributed by atoms with Crippen LogP contribution in [0.2, 0.25) is 0 Å². The van der Waals surface area contributed by atoms with Crippen molar-refractivity contribution in [1.29, 1.82) is 0 Å². The second-order valence-electron chi connectivity index (χ2n) is 11.1. The number of carbonyl (C=O) groups is 2. The van der Waals surface area contributed by atoms with Crippen molar-refractivity contribution in [3.05, 3.63) is 0 Å². The molecule has 5 heteroatoms. The van der Waals surface area contributed by atoms with Crippen molar-refractivity contribution in [3.8, 4) is 0 Å². The molecular formula is C24H38ClNO3. The lowest BCUT2D eigenvalue weighted by Crippen LogP contribution is -2.54. The Hall–Kier alpha value is -0.610. The number of rotatable bonds is 4. The molecule has 0 saturated heterocycles. The lowest BCUT2D eigenvalue weighted by molar-refractivity contribution is -0.164. The fraction of sp³-hybridized carbons (Fsp3) is 0.917. The average Bonchev–Trinajstić information content (AvgIpc) is 3.05. The summed E-state index contributed by atoms with van der Waals surface area (Å²) in [6, 6.07) is -0.465. The number of hydrogen-bond donors (Lipinski definition) is 1. The van der Waals surface area contributed by atoms with Crippen molar-refractivity contribution in [3.63, 3.8) is 0 Å². The van der Waals surface area contributed by atoms with E-state index in [0.29, 0.717) is 17.1 Å². The predicted molar refractivity (Wildman–Crippen MR) is 114 cm³/mol. The Bertz CT molecular complexity index is 669. The van der Waals surface area contributed by atoms with Crippen molar-refractivity contribution in [2.24, 2.45) is 40.4 Å². The first-order valence-electron chi connectivity index (χ1n) is 11.8. The SMILES string of the molecule is CC(=O)[C@H]1CCC2C3CC[C@H]4C[C@@H](OC(=O)C(C)NCl)CC[C@]4(C)C3CC[C@@]21C. The van der Waals surface area contributed by atoms with Gasteiger partial charge in [-0.05, 0) is 118 Å². The van der Waals surface area contributed by atoms with Gasteiger partial charge in [-0.3, -0.25) is 9.59 Å². The Morgan fingerprint density at radius 2 is 1.69 bits per heavy atom. The first kappa shape index (κ1) is 21.6. The van der Waals surface area contributed by atoms with Gasteiger partial charge in [-0.2, -0.15) is 0 Å². The fourth-order valence-corrected chi connectivity index (χ4v) is 8.39. The molecule has 0 spiro atoms. The van der Waals surface area contributed by atoms with Gasteiger partial charge in [0.1, 0.15) is 17.9 Å². The second-order valence-corrected chi connectivity index (χ2v) is 11.3. The van der Waals surface area contributed by atoms with Crippen LogP contribution in [0.5, 0.6) is 0 Å². The zero-order valence-electron chi connectivity index (χ0n) is 18.5. The number of nitrogens with one attached hydrogen (secondary N) is 1. The molecule has 1 N–H and O–H groups in total. The van der Waals surface area contributed by atoms with Gasteiger partial charge >= 0.3 is 5.97 Å². The minimum Gasteiger partial charge on any atom is -0.461 e. The smallest absolute Gasteiger partial charge is 0.324 e. The number of esters is 1. The molecule has 0 aromatic heterocycles. The first-order chi connectivity index (χ1) is 13.7. The van der Waals surface area contributed by atoms with Crippen molar-refractivity contribution in [1.82, 2.24) is 4.84 Å². The van der Waals surface area contributed by atoms with Crippen LogP contribution in [0.25, 0.3) is 0 Å². The maximum absolute atomic E-state index is 12.3. The van der Waals surface area contributed by atoms with Crippen LogP contribution in [0.4, 0.5) is 0 Å². The monoisotopic (exact) mass is 423 g/mol. The number of carbonyl (C=O) groups excluding carboxylic acids is 2. The summed E-state index contributed by atoms with van der Waals surface area (Å²) in [4.78, 5) is 26.9. The fourth-order valence-electron chi connectivity index (χ4n) is 8.30. The van der Waals surface area contributed by atoms with Gasteiger partial charge in [0.2, 0.25) is 0 Å². The van der Waals surface area contributed by atoms with Gasteiger partial charge < -0.3 is 4.74 Å². The first-order valence-corrected chi connectivity index (χ1v) is 12.2. The van der Waals surface area contributed by atoms with Gasteiger partial charge in [-0.1, -0.05) is 13.8 Å². The highest BCUT2D eigenvalue weighted by Gasteiger charge is 2.60. The summed E-state index contributed by atoms with van der Waals surface area (Å²) in [7, 11) is 0. The summed E-state index contributed by atoms with van der Waals surface area (Å²) in [6.45, 7) is 8.49. The van der Waals surface area contributed by atoms with Crippen molar-refractivity contribution in [2.45, 2.75) is 97.6 Å². The standard InChI is InChI=1S/C24H38ClNO3/c1-14(26-25)22(28)29-17-9-11-23(3)16(13-17)5-6-18-20-8-7-19(15(2)27)24(20,4)12-10-21(18)23/h14,16-21,26H,5-13H2,1-4H3/t14?,16-,17-,18?,19+,20?,21?,23-,24+/m0/s1. The minimum absolute atomic E-state index is 0.0343. The Balaban J connectivity index is 1.47. The molecule has 4 aliphatic carbocycles. The topological polar surface area (TPSA) is 55.4 Å². The molecule has 0 aromatic carbocycles. The molecule has 0 bridgehead atoms. The van der Waals surface area contributed by atoms with E-state index < -0.39 is 6.04 Å². The molecular weight excluding hydrogens is 386 g/mol. The van der Waals surface area contributed by atoms with E-state index in [1.165, 1.54) is 32.1 Å². The van der Waals surface area contributed by atoms with E-state index >= 15 is 0 Å². The van der Waals surface area contributed by atoms with Crippen LogP contribution in [0.3, 0.4) is 0 Å². The predicted octanol–water partition coefficient (Wildman–Crippen LogP) is 5.28. The normalized spacial score (nSPS) is 47.5. The number of fused-ring (bicyclic) bond motifs is 5. The summed E-state index contributed by atoms with van der Waals surface area (Å²) < 4.78 is 5.78. The van der Waals surface area contributed by atoms with Crippen LogP contribution < -0.4 is 4.84 Å². The van der Waals surface area contributed by atoms with Crippen LogP contribution in [0.1, 0.15) is 85.5 Å². The average molecular weight is 424 g/mol. The summed E-state index contributed by atoms with van der Waals surface area (Å²) in [5, 5.41) is 0. The highest BCUT2D eigenvalue weighted by atomic mass is 35.5. The summed E-state index contributed by atoms with van der Waals surface area (Å²) >= 11 is 5.59. The van der Waals surface area contributed by atoms with Gasteiger partial charge in [0.15, 0.2) is 0 Å². The second kappa shape index (κ2) is 7.82. The van der Waals surface area contributed by atoms with Gasteiger partial charge in [0.25, 0.3) is 0 Å². The third-order valence-electron chi connectivity index (χ3n) is 9.91. The summed E-state index contributed by atoms with van der Waals surface area (Å²) in [5.74, 6) is 3.37. The molecule has 4 aliphatic rings. The van der Waals surface area contributed by atoms with Crippen LogP contribution >= 0.6 is 11.8 Å². The lowest BCUT2D eigenvalue weighted by atomic mass is 9.44. The van der Waals surface area contributed by atoms with E-state index in [-0.39, 0.29) is 23.4 Å². The zero-order chi connectivity index (χ0) is 21.0. The summed E-state index contributed by atoms with van der Waals surface area (Å²) in [6.07, 6.45) is 10.5. The number of Topliss-reactive ketones (excluding diaryl/α,β-unsaturated/α-hetero) is 1. The van der Waals surface area contributed by atoms with Crippen LogP contribution in [0, 0.1) is 40.4 Å². The molecule has 4 nitrogen and oxygen atoms in total. The van der Waals surface area contributed by atoms with Crippen LogP contribution in [-0.2, 0) is 14.3 Å². The zero-order valence-corrected chi connectivity index (χ0v) is 19.3. The van der Waals surface area contributed by atoms with E-state index in [9.17, 15) is 9.59 Å². The molecule has 0 aromatic rings. The van der Waals surface area contributed by atoms with E-state index in [4.69, 9.17) is 16.5 Å². The van der Waals surface area contributed by atoms with Gasteiger partial charge in [-0.25, -0.2) is 4.84 Å². The molecule has 29 heavy (non-hydrogen) atoms. The number of ketones is 1. The van der Waals surface area contributed by atoms with E-state index in [1.54, 1.807) is 6.92 Å². The van der Waals surface area contributed by atoms with Gasteiger partial charge in [-0.15, -0.1) is 0 Å². The Morgan fingerprint density at radius 1 is 1.00 bits per heavy atom. The number of hydrogen-bond acceptors (Lipinski definition) is 4. The quantitative estimate of drug-likeness (QED) is 0.493. The molecule has 0 heterocycles. The lowest BCUT2D eigenvalue weighted by Gasteiger charge is -2.61. The van der Waals surface area contributed by atoms with E-state index in [1.807, 2.05) is 6.92 Å². The highest BCUT2D eigenvalue weighted by molar-refractivity contribution is 6.14. The van der Waals surface area contributed by atoms with E-state index in [0.717, 1.165) is 43.4 Å². The molecule has 4 fully saturated rings. The van der Waals surface area contributed by atoms with Crippen LogP contribution in [0.15, 0.2) is 0 Å². The van der Waals surface area contributed by atoms with Crippen molar-refractivity contribution in [2.75, 3.05) is 0 Å². The Morgan fingerprint density at radius 3 is 2.38 bits per heavy atom. The maximum atomic E-state index is 12.3. The third-order valence-corrected chi connectivity index (χ3v) is 10.2. The van der Waals surface area contributed by atoms with Gasteiger partial charge in [0, 0.05) is 5.92 Å². The molecule has 164 valence electrons. The van der Waals surface area contributed by atoms with Gasteiger partial charge in [0.05, 0.1) is 0 Å². The maximum Gasteiger partial charge on any atom is 0.324 e. The summed E-state index contributed by atoms with van der Waals surface area (Å²) in [5.41, 5.74) is 0.589. The molecule has 4 rings (SSSR count). The van der Waals surface area contributed by atoms with Crippen molar-refractivity contribution >= 4 is 23.5 Å². The molecule has 0 amide bonds. The van der Waals surface area contributed by atoms with Crippen molar-refractivity contribution < 1.29 is 14.3 Å². The highest BCUT2D eigenvalue weighted by Crippen LogP contribution is 2.67. The third kappa shape index (κ3) is 3.46. The Labute approximate surface area is 181 Å². The number of ether oxygens (including phenoxy) is 1.